The largest absolute Gasteiger partial charge is 0.448 e. The van der Waals surface area contributed by atoms with Crippen molar-refractivity contribution in [1.82, 2.24) is 10.2 Å². The first-order valence-corrected chi connectivity index (χ1v) is 9.91. The van der Waals surface area contributed by atoms with Gasteiger partial charge in [0.25, 0.3) is 0 Å². The van der Waals surface area contributed by atoms with Crippen molar-refractivity contribution in [3.8, 4) is 0 Å². The number of aliphatic hydroxyl groups is 2. The number of ether oxygens (including phenoxy) is 1. The Morgan fingerprint density at radius 2 is 1.93 bits per heavy atom. The molecule has 0 aliphatic carbocycles. The lowest BCUT2D eigenvalue weighted by Crippen LogP contribution is -2.55. The van der Waals surface area contributed by atoms with Gasteiger partial charge in [0.05, 0.1) is 24.3 Å². The summed E-state index contributed by atoms with van der Waals surface area (Å²) in [4.78, 5) is 14.6. The fourth-order valence-electron chi connectivity index (χ4n) is 4.15. The smallest absolute Gasteiger partial charge is 0.410 e. The summed E-state index contributed by atoms with van der Waals surface area (Å²) in [6.07, 6.45) is -1.14. The Morgan fingerprint density at radius 3 is 2.72 bits per heavy atom. The van der Waals surface area contributed by atoms with Gasteiger partial charge in [-0.05, 0) is 48.2 Å². The van der Waals surface area contributed by atoms with Crippen molar-refractivity contribution >= 4 is 6.09 Å². The first-order valence-electron chi connectivity index (χ1n) is 9.91. The average Bonchev–Trinajstić information content (AvgIpc) is 2.74. The highest BCUT2D eigenvalue weighted by Crippen LogP contribution is 2.35. The zero-order valence-electron chi connectivity index (χ0n) is 16.0. The summed E-state index contributed by atoms with van der Waals surface area (Å²) in [5, 5.41) is 23.0. The summed E-state index contributed by atoms with van der Waals surface area (Å²) in [6, 6.07) is 13.2. The fraction of sp³-hybridized carbons (Fsp3) is 0.409. The second-order valence-corrected chi connectivity index (χ2v) is 7.58. The molecule has 2 aromatic rings. The maximum absolute atomic E-state index is 13.4. The minimum absolute atomic E-state index is 0.0364. The number of aliphatic hydroxyl groups excluding tert-OH is 2. The van der Waals surface area contributed by atoms with Gasteiger partial charge in [-0.15, -0.1) is 0 Å². The predicted molar refractivity (Wildman–Crippen MR) is 105 cm³/mol. The molecule has 0 aromatic heterocycles. The number of amides is 1. The number of carbonyl (C=O) groups excluding carboxylic acids is 1. The van der Waals surface area contributed by atoms with E-state index in [0.29, 0.717) is 25.9 Å². The molecule has 2 aliphatic rings. The summed E-state index contributed by atoms with van der Waals surface area (Å²) in [6.45, 7) is 0.988. The zero-order valence-corrected chi connectivity index (χ0v) is 16.0. The van der Waals surface area contributed by atoms with E-state index in [1.165, 1.54) is 12.1 Å². The van der Waals surface area contributed by atoms with Gasteiger partial charge in [-0.2, -0.15) is 0 Å². The standard InChI is InChI=1S/C22H25FN2O4/c23-16-7-5-15(6-8-16)20-17-4-2-1-3-14(17)10-12-25(20)22(28)29-13-18-21(27)19(26)9-11-24-18/h1-8,18-21,24,26-27H,9-13H2/t18-,19-,20+,21-/m1/s1. The van der Waals surface area contributed by atoms with Crippen LogP contribution in [-0.4, -0.2) is 59.2 Å². The first kappa shape index (κ1) is 19.8. The van der Waals surface area contributed by atoms with Crippen LogP contribution >= 0.6 is 0 Å². The molecule has 2 aromatic carbocycles. The van der Waals surface area contributed by atoms with Gasteiger partial charge in [0.15, 0.2) is 0 Å². The molecule has 29 heavy (non-hydrogen) atoms. The number of nitrogens with one attached hydrogen (secondary N) is 1. The van der Waals surface area contributed by atoms with Crippen LogP contribution < -0.4 is 5.32 Å². The van der Waals surface area contributed by atoms with Gasteiger partial charge in [0.1, 0.15) is 12.4 Å². The van der Waals surface area contributed by atoms with Crippen molar-refractivity contribution in [2.45, 2.75) is 37.1 Å². The van der Waals surface area contributed by atoms with Crippen LogP contribution in [0.5, 0.6) is 0 Å². The lowest BCUT2D eigenvalue weighted by molar-refractivity contribution is -0.0426. The molecule has 7 heteroatoms. The minimum Gasteiger partial charge on any atom is -0.448 e. The van der Waals surface area contributed by atoms with E-state index >= 15 is 0 Å². The van der Waals surface area contributed by atoms with Crippen molar-refractivity contribution in [2.75, 3.05) is 19.7 Å². The summed E-state index contributed by atoms with van der Waals surface area (Å²) < 4.78 is 19.0. The van der Waals surface area contributed by atoms with Crippen LogP contribution in [0.3, 0.4) is 0 Å². The molecule has 1 amide bonds. The number of benzene rings is 2. The van der Waals surface area contributed by atoms with Crippen LogP contribution in [0.1, 0.15) is 29.2 Å². The van der Waals surface area contributed by atoms with Gasteiger partial charge in [-0.25, -0.2) is 9.18 Å². The molecule has 3 N–H and O–H groups in total. The zero-order chi connectivity index (χ0) is 20.4. The third-order valence-electron chi connectivity index (χ3n) is 5.74. The van der Waals surface area contributed by atoms with E-state index in [1.54, 1.807) is 17.0 Å². The van der Waals surface area contributed by atoms with E-state index in [0.717, 1.165) is 16.7 Å². The van der Waals surface area contributed by atoms with Crippen LogP contribution in [0.15, 0.2) is 48.5 Å². The van der Waals surface area contributed by atoms with Crippen LogP contribution in [0.4, 0.5) is 9.18 Å². The van der Waals surface area contributed by atoms with Crippen molar-refractivity contribution < 1.29 is 24.1 Å². The Bertz CT molecular complexity index is 860. The molecule has 0 radical (unpaired) electrons. The molecule has 4 rings (SSSR count). The quantitative estimate of drug-likeness (QED) is 0.734. The minimum atomic E-state index is -0.980. The van der Waals surface area contributed by atoms with Gasteiger partial charge in [-0.3, -0.25) is 4.90 Å². The molecular weight excluding hydrogens is 375 g/mol. The molecule has 0 bridgehead atoms. The third-order valence-corrected chi connectivity index (χ3v) is 5.74. The average molecular weight is 400 g/mol. The van der Waals surface area contributed by atoms with E-state index in [9.17, 15) is 19.4 Å². The maximum atomic E-state index is 13.4. The molecule has 1 fully saturated rings. The second kappa shape index (κ2) is 8.49. The maximum Gasteiger partial charge on any atom is 0.410 e. The number of carbonyl (C=O) groups is 1. The molecule has 154 valence electrons. The number of nitrogens with zero attached hydrogens (tertiary/aromatic N) is 1. The Morgan fingerprint density at radius 1 is 1.17 bits per heavy atom. The highest BCUT2D eigenvalue weighted by Gasteiger charge is 2.35. The fourth-order valence-corrected chi connectivity index (χ4v) is 4.15. The lowest BCUT2D eigenvalue weighted by Gasteiger charge is -2.38. The SMILES string of the molecule is O=C(OC[C@H]1NCC[C@@H](O)[C@@H]1O)N1CCc2ccccc2[C@@H]1c1ccc(F)cc1. The number of hydrogen-bond acceptors (Lipinski definition) is 5. The Labute approximate surface area is 168 Å². The molecule has 2 aliphatic heterocycles. The number of piperidine rings is 1. The monoisotopic (exact) mass is 400 g/mol. The van der Waals surface area contributed by atoms with Gasteiger partial charge >= 0.3 is 6.09 Å². The number of halogens is 1. The number of rotatable bonds is 3. The van der Waals surface area contributed by atoms with E-state index < -0.39 is 24.3 Å². The molecular formula is C22H25FN2O4. The first-order chi connectivity index (χ1) is 14.0. The predicted octanol–water partition coefficient (Wildman–Crippen LogP) is 1.99. The van der Waals surface area contributed by atoms with Crippen molar-refractivity contribution in [1.29, 1.82) is 0 Å². The highest BCUT2D eigenvalue weighted by atomic mass is 19.1. The topological polar surface area (TPSA) is 82.0 Å². The molecule has 6 nitrogen and oxygen atoms in total. The molecule has 1 saturated heterocycles. The van der Waals surface area contributed by atoms with Crippen molar-refractivity contribution in [2.24, 2.45) is 0 Å². The number of hydrogen-bond donors (Lipinski definition) is 3. The molecule has 4 atom stereocenters. The Kier molecular flexibility index (Phi) is 5.80. The van der Waals surface area contributed by atoms with Gasteiger partial charge < -0.3 is 20.3 Å². The van der Waals surface area contributed by atoms with Gasteiger partial charge in [-0.1, -0.05) is 36.4 Å². The van der Waals surface area contributed by atoms with E-state index in [4.69, 9.17) is 4.74 Å². The summed E-state index contributed by atoms with van der Waals surface area (Å²) in [5.74, 6) is -0.331. The van der Waals surface area contributed by atoms with Crippen LogP contribution in [0.25, 0.3) is 0 Å². The summed E-state index contributed by atoms with van der Waals surface area (Å²) in [5.41, 5.74) is 2.95. The normalized spacial score (nSPS) is 26.7. The molecule has 0 saturated carbocycles. The van der Waals surface area contributed by atoms with Crippen molar-refractivity contribution in [3.63, 3.8) is 0 Å². The van der Waals surface area contributed by atoms with E-state index in [-0.39, 0.29) is 18.5 Å². The summed E-state index contributed by atoms with van der Waals surface area (Å²) >= 11 is 0. The van der Waals surface area contributed by atoms with E-state index in [2.05, 4.69) is 5.32 Å². The van der Waals surface area contributed by atoms with E-state index in [1.807, 2.05) is 24.3 Å². The molecule has 0 spiro atoms. The van der Waals surface area contributed by atoms with Crippen LogP contribution in [-0.2, 0) is 11.2 Å². The second-order valence-electron chi connectivity index (χ2n) is 7.58. The van der Waals surface area contributed by atoms with Crippen LogP contribution in [0.2, 0.25) is 0 Å². The van der Waals surface area contributed by atoms with Gasteiger partial charge in [0, 0.05) is 6.54 Å². The van der Waals surface area contributed by atoms with Crippen molar-refractivity contribution in [3.05, 3.63) is 71.0 Å². The lowest BCUT2D eigenvalue weighted by atomic mass is 9.88. The summed E-state index contributed by atoms with van der Waals surface area (Å²) in [7, 11) is 0. The Balaban J connectivity index is 1.54. The molecule has 2 heterocycles. The van der Waals surface area contributed by atoms with Gasteiger partial charge in [0.2, 0.25) is 0 Å². The number of fused-ring (bicyclic) bond motifs is 1. The Hall–Kier alpha value is -2.48. The third kappa shape index (κ3) is 4.12. The molecule has 0 unspecified atom stereocenters. The highest BCUT2D eigenvalue weighted by molar-refractivity contribution is 5.70. The van der Waals surface area contributed by atoms with Crippen LogP contribution in [0, 0.1) is 5.82 Å².